The maximum atomic E-state index is 12.9. The van der Waals surface area contributed by atoms with E-state index in [1.54, 1.807) is 0 Å². The number of amides is 1. The van der Waals surface area contributed by atoms with Crippen LogP contribution in [-0.4, -0.2) is 38.3 Å². The lowest BCUT2D eigenvalue weighted by Crippen LogP contribution is -2.46. The van der Waals surface area contributed by atoms with Crippen molar-refractivity contribution in [1.29, 1.82) is 0 Å². The van der Waals surface area contributed by atoms with Crippen LogP contribution >= 0.6 is 11.3 Å². The van der Waals surface area contributed by atoms with Crippen LogP contribution in [0.25, 0.3) is 10.8 Å². The van der Waals surface area contributed by atoms with Crippen LogP contribution in [0.2, 0.25) is 0 Å². The average molecular weight is 410 g/mol. The molecule has 0 aliphatic rings. The predicted molar refractivity (Wildman–Crippen MR) is 105 cm³/mol. The number of carboxylic acid groups (broad SMARTS) is 1. The number of hydrogen-bond acceptors (Lipinski definition) is 7. The Balaban J connectivity index is 2.28. The zero-order chi connectivity index (χ0) is 21.1. The quantitative estimate of drug-likeness (QED) is 0.611. The van der Waals surface area contributed by atoms with E-state index in [4.69, 9.17) is 9.63 Å². The third-order valence-electron chi connectivity index (χ3n) is 4.28. The van der Waals surface area contributed by atoms with E-state index in [0.717, 1.165) is 4.88 Å². The Morgan fingerprint density at radius 3 is 2.50 bits per heavy atom. The third-order valence-corrected chi connectivity index (χ3v) is 5.14. The van der Waals surface area contributed by atoms with Crippen LogP contribution in [0.1, 0.15) is 52.9 Å². The Labute approximate surface area is 168 Å². The van der Waals surface area contributed by atoms with Crippen molar-refractivity contribution >= 4 is 23.2 Å². The first-order valence-corrected chi connectivity index (χ1v) is 9.97. The summed E-state index contributed by atoms with van der Waals surface area (Å²) in [7, 11) is 0. The number of nitrogens with zero attached hydrogens (tertiary/aromatic N) is 2. The van der Waals surface area contributed by atoms with E-state index in [-0.39, 0.29) is 12.3 Å². The van der Waals surface area contributed by atoms with Crippen LogP contribution in [-0.2, 0) is 9.59 Å². The van der Waals surface area contributed by atoms with Gasteiger partial charge in [0.2, 0.25) is 5.91 Å². The molecule has 0 fully saturated rings. The monoisotopic (exact) mass is 409 g/mol. The molecule has 0 spiro atoms. The minimum absolute atomic E-state index is 0.0356. The molecule has 0 aromatic carbocycles. The number of carboxylic acids is 1. The van der Waals surface area contributed by atoms with Crippen LogP contribution in [0.3, 0.4) is 0 Å². The van der Waals surface area contributed by atoms with Crippen LogP contribution < -0.4 is 5.32 Å². The molecule has 2 aromatic heterocycles. The topological polar surface area (TPSA) is 126 Å². The predicted octanol–water partition coefficient (Wildman–Crippen LogP) is 3.11. The van der Waals surface area contributed by atoms with E-state index in [1.807, 2.05) is 52.1 Å². The maximum absolute atomic E-state index is 12.9. The molecule has 0 saturated heterocycles. The SMILES string of the molecule is CC(C)C[C@@H](C(=O)N[C@H](c1noc(-c2cccs2)n1)C(C)(C)C)[C@H](O)C(=O)O. The third kappa shape index (κ3) is 5.39. The summed E-state index contributed by atoms with van der Waals surface area (Å²) in [4.78, 5) is 29.3. The Bertz CT molecular complexity index is 795. The number of aliphatic hydroxyl groups excluding tert-OH is 1. The van der Waals surface area contributed by atoms with Gasteiger partial charge in [-0.2, -0.15) is 4.98 Å². The highest BCUT2D eigenvalue weighted by Gasteiger charge is 2.38. The van der Waals surface area contributed by atoms with Crippen molar-refractivity contribution in [2.24, 2.45) is 17.3 Å². The number of aliphatic hydroxyl groups is 1. The van der Waals surface area contributed by atoms with Gasteiger partial charge in [0, 0.05) is 0 Å². The van der Waals surface area contributed by atoms with Crippen molar-refractivity contribution in [2.45, 2.75) is 53.2 Å². The van der Waals surface area contributed by atoms with Gasteiger partial charge in [0.1, 0.15) is 0 Å². The molecule has 8 nitrogen and oxygen atoms in total. The summed E-state index contributed by atoms with van der Waals surface area (Å²) < 4.78 is 5.33. The molecule has 2 aromatic rings. The fourth-order valence-electron chi connectivity index (χ4n) is 2.83. The first-order chi connectivity index (χ1) is 13.0. The van der Waals surface area contributed by atoms with Crippen molar-refractivity contribution in [3.8, 4) is 10.8 Å². The van der Waals surface area contributed by atoms with E-state index in [1.165, 1.54) is 11.3 Å². The Kier molecular flexibility index (Phi) is 6.95. The van der Waals surface area contributed by atoms with E-state index in [2.05, 4.69) is 15.5 Å². The molecule has 0 unspecified atom stereocenters. The van der Waals surface area contributed by atoms with Gasteiger partial charge < -0.3 is 20.1 Å². The number of carbonyl (C=O) groups excluding carboxylic acids is 1. The highest BCUT2D eigenvalue weighted by Crippen LogP contribution is 2.33. The maximum Gasteiger partial charge on any atom is 0.333 e. The smallest absolute Gasteiger partial charge is 0.333 e. The normalized spacial score (nSPS) is 15.2. The molecule has 0 aliphatic heterocycles. The lowest BCUT2D eigenvalue weighted by Gasteiger charge is -2.31. The molecule has 1 amide bonds. The van der Waals surface area contributed by atoms with E-state index in [9.17, 15) is 14.7 Å². The van der Waals surface area contributed by atoms with Gasteiger partial charge in [0.25, 0.3) is 5.89 Å². The minimum Gasteiger partial charge on any atom is -0.479 e. The van der Waals surface area contributed by atoms with E-state index < -0.39 is 35.4 Å². The van der Waals surface area contributed by atoms with Crippen LogP contribution in [0.5, 0.6) is 0 Å². The van der Waals surface area contributed by atoms with Gasteiger partial charge in [0.15, 0.2) is 11.9 Å². The Morgan fingerprint density at radius 2 is 2.00 bits per heavy atom. The van der Waals surface area contributed by atoms with Crippen molar-refractivity contribution in [1.82, 2.24) is 15.5 Å². The van der Waals surface area contributed by atoms with Gasteiger partial charge >= 0.3 is 5.97 Å². The number of carbonyl (C=O) groups is 2. The molecule has 0 radical (unpaired) electrons. The fourth-order valence-corrected chi connectivity index (χ4v) is 3.47. The lowest BCUT2D eigenvalue weighted by atomic mass is 9.84. The zero-order valence-corrected chi connectivity index (χ0v) is 17.5. The molecular formula is C19H27N3O5S. The molecule has 0 bridgehead atoms. The summed E-state index contributed by atoms with van der Waals surface area (Å²) in [5, 5.41) is 27.9. The molecule has 0 saturated carbocycles. The van der Waals surface area contributed by atoms with E-state index >= 15 is 0 Å². The fraction of sp³-hybridized carbons (Fsp3) is 0.579. The second-order valence-electron chi connectivity index (χ2n) is 8.26. The summed E-state index contributed by atoms with van der Waals surface area (Å²) in [5.41, 5.74) is -0.469. The molecule has 3 atom stereocenters. The lowest BCUT2D eigenvalue weighted by molar-refractivity contribution is -0.154. The number of rotatable bonds is 8. The van der Waals surface area contributed by atoms with Crippen LogP contribution in [0.4, 0.5) is 0 Å². The number of thiophene rings is 1. The molecule has 3 N–H and O–H groups in total. The van der Waals surface area contributed by atoms with Crippen molar-refractivity contribution in [2.75, 3.05) is 0 Å². The van der Waals surface area contributed by atoms with Crippen molar-refractivity contribution in [3.05, 3.63) is 23.3 Å². The van der Waals surface area contributed by atoms with Crippen molar-refractivity contribution < 1.29 is 24.3 Å². The molecule has 28 heavy (non-hydrogen) atoms. The zero-order valence-electron chi connectivity index (χ0n) is 16.7. The highest BCUT2D eigenvalue weighted by molar-refractivity contribution is 7.13. The second kappa shape index (κ2) is 8.83. The molecule has 0 aliphatic carbocycles. The van der Waals surface area contributed by atoms with Gasteiger partial charge in [-0.05, 0) is 29.2 Å². The molecule has 9 heteroatoms. The van der Waals surface area contributed by atoms with Gasteiger partial charge in [-0.15, -0.1) is 11.3 Å². The van der Waals surface area contributed by atoms with Gasteiger partial charge in [-0.3, -0.25) is 4.79 Å². The Morgan fingerprint density at radius 1 is 1.32 bits per heavy atom. The number of aromatic nitrogens is 2. The highest BCUT2D eigenvalue weighted by atomic mass is 32.1. The largest absolute Gasteiger partial charge is 0.479 e. The minimum atomic E-state index is -1.78. The summed E-state index contributed by atoms with van der Waals surface area (Å²) >= 11 is 1.46. The summed E-state index contributed by atoms with van der Waals surface area (Å²) in [5.74, 6) is -2.35. The molecule has 2 rings (SSSR count). The van der Waals surface area contributed by atoms with Crippen molar-refractivity contribution in [3.63, 3.8) is 0 Å². The van der Waals surface area contributed by atoms with Gasteiger partial charge in [0.05, 0.1) is 16.8 Å². The Hall–Kier alpha value is -2.26. The number of hydrogen-bond donors (Lipinski definition) is 3. The first kappa shape index (κ1) is 22.0. The number of aliphatic carboxylic acids is 1. The van der Waals surface area contributed by atoms with Crippen LogP contribution in [0.15, 0.2) is 22.0 Å². The van der Waals surface area contributed by atoms with Gasteiger partial charge in [-0.1, -0.05) is 45.8 Å². The number of nitrogens with one attached hydrogen (secondary N) is 1. The van der Waals surface area contributed by atoms with E-state index in [0.29, 0.717) is 11.7 Å². The summed E-state index contributed by atoms with van der Waals surface area (Å²) in [6.45, 7) is 9.45. The molecule has 2 heterocycles. The summed E-state index contributed by atoms with van der Waals surface area (Å²) in [6, 6.07) is 3.11. The van der Waals surface area contributed by atoms with Gasteiger partial charge in [-0.25, -0.2) is 4.79 Å². The average Bonchev–Trinajstić information content (AvgIpc) is 3.26. The second-order valence-corrected chi connectivity index (χ2v) is 9.21. The first-order valence-electron chi connectivity index (χ1n) is 9.09. The summed E-state index contributed by atoms with van der Waals surface area (Å²) in [6.07, 6.45) is -1.54. The molecular weight excluding hydrogens is 382 g/mol. The van der Waals surface area contributed by atoms with Crippen LogP contribution in [0, 0.1) is 17.3 Å². The molecule has 154 valence electrons. The standard InChI is InChI=1S/C19H27N3O5S/c1-10(2)9-11(13(23)18(25)26)16(24)20-14(19(3,4)5)15-21-17(27-22-15)12-7-6-8-28-12/h6-8,10-11,13-14,23H,9H2,1-5H3,(H,20,24)(H,25,26)/t11-,13+,14-/m1/s1.